The van der Waals surface area contributed by atoms with E-state index in [-0.39, 0.29) is 24.2 Å². The Morgan fingerprint density at radius 2 is 1.80 bits per heavy atom. The monoisotopic (exact) mass is 523 g/mol. The van der Waals surface area contributed by atoms with Crippen LogP contribution in [-0.4, -0.2) is 50.0 Å². The third kappa shape index (κ3) is 7.41. The van der Waals surface area contributed by atoms with Gasteiger partial charge in [-0.3, -0.25) is 13.9 Å². The third-order valence-corrected chi connectivity index (χ3v) is 7.52. The lowest BCUT2D eigenvalue weighted by Crippen LogP contribution is -2.53. The fourth-order valence-corrected chi connectivity index (χ4v) is 5.30. The molecule has 1 aliphatic rings. The Labute approximate surface area is 211 Å². The maximum Gasteiger partial charge on any atom is 0.244 e. The Morgan fingerprint density at radius 1 is 1.11 bits per heavy atom. The number of benzene rings is 2. The first-order chi connectivity index (χ1) is 16.6. The van der Waals surface area contributed by atoms with Crippen molar-refractivity contribution in [3.63, 3.8) is 0 Å². The van der Waals surface area contributed by atoms with E-state index in [1.54, 1.807) is 31.2 Å². The molecule has 0 bridgehead atoms. The quantitative estimate of drug-likeness (QED) is 0.536. The molecular formula is C25H31ClFN3O4S. The van der Waals surface area contributed by atoms with Gasteiger partial charge in [0.05, 0.1) is 11.9 Å². The number of hydrogen-bond acceptors (Lipinski definition) is 4. The molecule has 2 amide bonds. The van der Waals surface area contributed by atoms with Gasteiger partial charge in [-0.25, -0.2) is 12.8 Å². The van der Waals surface area contributed by atoms with Crippen molar-refractivity contribution in [2.45, 2.75) is 57.7 Å². The SMILES string of the molecule is C[C@H](C(=O)NC1CCCCC1)N(Cc1cccc(Cl)c1)C(=O)CN(c1ccccc1F)S(C)(=O)=O. The number of carbonyl (C=O) groups excluding carboxylic acids is 2. The molecule has 1 saturated carbocycles. The molecule has 10 heteroatoms. The second-order valence-electron chi connectivity index (χ2n) is 8.89. The van der Waals surface area contributed by atoms with Gasteiger partial charge in [0.25, 0.3) is 0 Å². The predicted molar refractivity (Wildman–Crippen MR) is 135 cm³/mol. The average molecular weight is 524 g/mol. The van der Waals surface area contributed by atoms with Crippen molar-refractivity contribution in [3.05, 3.63) is 64.9 Å². The molecule has 0 spiro atoms. The first-order valence-electron chi connectivity index (χ1n) is 11.6. The van der Waals surface area contributed by atoms with Gasteiger partial charge in [0, 0.05) is 17.6 Å². The highest BCUT2D eigenvalue weighted by Crippen LogP contribution is 2.23. The van der Waals surface area contributed by atoms with E-state index in [0.29, 0.717) is 10.6 Å². The van der Waals surface area contributed by atoms with E-state index in [4.69, 9.17) is 11.6 Å². The number of halogens is 2. The Bertz CT molecular complexity index is 1150. The van der Waals surface area contributed by atoms with Gasteiger partial charge in [0.1, 0.15) is 18.4 Å². The molecule has 1 atom stereocenters. The van der Waals surface area contributed by atoms with Crippen LogP contribution in [0.25, 0.3) is 0 Å². The van der Waals surface area contributed by atoms with Gasteiger partial charge in [0.2, 0.25) is 21.8 Å². The molecule has 0 aliphatic heterocycles. The number of amides is 2. The van der Waals surface area contributed by atoms with Crippen LogP contribution in [0.1, 0.15) is 44.6 Å². The minimum Gasteiger partial charge on any atom is -0.352 e. The summed E-state index contributed by atoms with van der Waals surface area (Å²) in [6, 6.07) is 11.4. The van der Waals surface area contributed by atoms with E-state index in [1.807, 2.05) is 0 Å². The van der Waals surface area contributed by atoms with Crippen LogP contribution >= 0.6 is 11.6 Å². The normalized spacial score (nSPS) is 15.3. The van der Waals surface area contributed by atoms with Crippen molar-refractivity contribution in [1.82, 2.24) is 10.2 Å². The summed E-state index contributed by atoms with van der Waals surface area (Å²) in [6.07, 6.45) is 5.89. The maximum atomic E-state index is 14.5. The van der Waals surface area contributed by atoms with Gasteiger partial charge in [-0.15, -0.1) is 0 Å². The molecule has 1 aliphatic carbocycles. The van der Waals surface area contributed by atoms with Crippen molar-refractivity contribution in [2.24, 2.45) is 0 Å². The van der Waals surface area contributed by atoms with Crippen molar-refractivity contribution in [1.29, 1.82) is 0 Å². The fraction of sp³-hybridized carbons (Fsp3) is 0.440. The molecule has 2 aromatic rings. The topological polar surface area (TPSA) is 86.8 Å². The highest BCUT2D eigenvalue weighted by Gasteiger charge is 2.31. The molecular weight excluding hydrogens is 493 g/mol. The zero-order valence-corrected chi connectivity index (χ0v) is 21.5. The fourth-order valence-electron chi connectivity index (χ4n) is 4.23. The zero-order valence-electron chi connectivity index (χ0n) is 19.9. The second kappa shape index (κ2) is 11.9. The lowest BCUT2D eigenvalue weighted by molar-refractivity contribution is -0.139. The van der Waals surface area contributed by atoms with Gasteiger partial charge < -0.3 is 10.2 Å². The van der Waals surface area contributed by atoms with E-state index in [2.05, 4.69) is 5.32 Å². The van der Waals surface area contributed by atoms with Crippen LogP contribution in [0.15, 0.2) is 48.5 Å². The molecule has 7 nitrogen and oxygen atoms in total. The van der Waals surface area contributed by atoms with Crippen LogP contribution in [0.3, 0.4) is 0 Å². The highest BCUT2D eigenvalue weighted by molar-refractivity contribution is 7.92. The molecule has 1 N–H and O–H groups in total. The van der Waals surface area contributed by atoms with Gasteiger partial charge in [0.15, 0.2) is 0 Å². The number of rotatable bonds is 9. The molecule has 0 heterocycles. The van der Waals surface area contributed by atoms with Crippen molar-refractivity contribution in [3.8, 4) is 0 Å². The number of anilines is 1. The van der Waals surface area contributed by atoms with Crippen LogP contribution < -0.4 is 9.62 Å². The van der Waals surface area contributed by atoms with Crippen molar-refractivity contribution < 1.29 is 22.4 Å². The van der Waals surface area contributed by atoms with Crippen LogP contribution in [0.4, 0.5) is 10.1 Å². The second-order valence-corrected chi connectivity index (χ2v) is 11.2. The minimum atomic E-state index is -3.99. The summed E-state index contributed by atoms with van der Waals surface area (Å²) < 4.78 is 40.2. The first-order valence-corrected chi connectivity index (χ1v) is 13.9. The number of hydrogen-bond donors (Lipinski definition) is 1. The van der Waals surface area contributed by atoms with E-state index in [9.17, 15) is 22.4 Å². The lowest BCUT2D eigenvalue weighted by Gasteiger charge is -2.33. The molecule has 2 aromatic carbocycles. The average Bonchev–Trinajstić information content (AvgIpc) is 2.81. The minimum absolute atomic E-state index is 0.0352. The highest BCUT2D eigenvalue weighted by atomic mass is 35.5. The molecule has 0 saturated heterocycles. The van der Waals surface area contributed by atoms with Crippen LogP contribution in [0.5, 0.6) is 0 Å². The number of nitrogens with one attached hydrogen (secondary N) is 1. The van der Waals surface area contributed by atoms with Crippen LogP contribution in [-0.2, 0) is 26.2 Å². The summed E-state index contributed by atoms with van der Waals surface area (Å²) in [7, 11) is -3.99. The summed E-state index contributed by atoms with van der Waals surface area (Å²) in [5.41, 5.74) is 0.449. The van der Waals surface area contributed by atoms with Crippen molar-refractivity contribution >= 4 is 39.1 Å². The molecule has 190 valence electrons. The van der Waals surface area contributed by atoms with E-state index < -0.39 is 34.3 Å². The standard InChI is InChI=1S/C25H31ClFN3O4S/c1-18(25(32)28-21-11-4-3-5-12-21)29(16-19-9-8-10-20(26)15-19)24(31)17-30(35(2,33)34)23-14-7-6-13-22(23)27/h6-10,13-15,18,21H,3-5,11-12,16-17H2,1-2H3,(H,28,32)/t18-/m1/s1. The lowest BCUT2D eigenvalue weighted by atomic mass is 9.95. The first kappa shape index (κ1) is 26.9. The number of sulfonamides is 1. The smallest absolute Gasteiger partial charge is 0.244 e. The summed E-state index contributed by atoms with van der Waals surface area (Å²) in [5.74, 6) is -1.72. The van der Waals surface area contributed by atoms with Crippen LogP contribution in [0, 0.1) is 5.82 Å². The van der Waals surface area contributed by atoms with Gasteiger partial charge in [-0.2, -0.15) is 0 Å². The van der Waals surface area contributed by atoms with E-state index >= 15 is 0 Å². The maximum absolute atomic E-state index is 14.5. The largest absolute Gasteiger partial charge is 0.352 e. The Hall–Kier alpha value is -2.65. The van der Waals surface area contributed by atoms with Gasteiger partial charge in [-0.1, -0.05) is 55.1 Å². The number of para-hydroxylation sites is 1. The van der Waals surface area contributed by atoms with E-state index in [0.717, 1.165) is 48.7 Å². The molecule has 0 unspecified atom stereocenters. The summed E-state index contributed by atoms with van der Waals surface area (Å²) in [5, 5.41) is 3.50. The van der Waals surface area contributed by atoms with Crippen LogP contribution in [0.2, 0.25) is 5.02 Å². The molecule has 35 heavy (non-hydrogen) atoms. The zero-order chi connectivity index (χ0) is 25.6. The van der Waals surface area contributed by atoms with Gasteiger partial charge in [-0.05, 0) is 49.6 Å². The summed E-state index contributed by atoms with van der Waals surface area (Å²) >= 11 is 6.11. The van der Waals surface area contributed by atoms with E-state index in [1.165, 1.54) is 23.1 Å². The molecule has 0 radical (unpaired) electrons. The molecule has 1 fully saturated rings. The summed E-state index contributed by atoms with van der Waals surface area (Å²) in [4.78, 5) is 27.9. The van der Waals surface area contributed by atoms with Gasteiger partial charge >= 0.3 is 0 Å². The summed E-state index contributed by atoms with van der Waals surface area (Å²) in [6.45, 7) is 0.989. The Balaban J connectivity index is 1.88. The Kier molecular flexibility index (Phi) is 9.13. The molecule has 3 rings (SSSR count). The molecule has 0 aromatic heterocycles. The predicted octanol–water partition coefficient (Wildman–Crippen LogP) is 4.11. The Morgan fingerprint density at radius 3 is 2.43 bits per heavy atom. The number of nitrogens with zero attached hydrogens (tertiary/aromatic N) is 2. The number of carbonyl (C=O) groups is 2. The third-order valence-electron chi connectivity index (χ3n) is 6.16. The van der Waals surface area contributed by atoms with Crippen molar-refractivity contribution in [2.75, 3.05) is 17.1 Å².